The first-order valence-electron chi connectivity index (χ1n) is 9.79. The number of benzene rings is 2. The number of halogens is 1. The Labute approximate surface area is 156 Å². The molecule has 0 aromatic heterocycles. The van der Waals surface area contributed by atoms with Crippen molar-refractivity contribution in [1.29, 1.82) is 0 Å². The van der Waals surface area contributed by atoms with Gasteiger partial charge in [-0.1, -0.05) is 36.4 Å². The van der Waals surface area contributed by atoms with E-state index in [-0.39, 0.29) is 5.82 Å². The number of piperazine rings is 1. The summed E-state index contributed by atoms with van der Waals surface area (Å²) in [5.74, 6) is -0.0772. The summed E-state index contributed by atoms with van der Waals surface area (Å²) in [5, 5.41) is 0. The van der Waals surface area contributed by atoms with E-state index in [0.717, 1.165) is 51.4 Å². The van der Waals surface area contributed by atoms with Gasteiger partial charge < -0.3 is 4.90 Å². The van der Waals surface area contributed by atoms with Gasteiger partial charge in [-0.15, -0.1) is 0 Å². The zero-order valence-electron chi connectivity index (χ0n) is 15.4. The predicted octanol–water partition coefficient (Wildman–Crippen LogP) is 3.61. The van der Waals surface area contributed by atoms with Gasteiger partial charge in [-0.25, -0.2) is 4.39 Å². The molecule has 0 N–H and O–H groups in total. The van der Waals surface area contributed by atoms with Gasteiger partial charge >= 0.3 is 0 Å². The van der Waals surface area contributed by atoms with Gasteiger partial charge in [0.15, 0.2) is 0 Å². The van der Waals surface area contributed by atoms with Crippen LogP contribution in [0.1, 0.15) is 18.4 Å². The third kappa shape index (κ3) is 4.08. The molecule has 0 saturated carbocycles. The first kappa shape index (κ1) is 17.5. The molecule has 3 nitrogen and oxygen atoms in total. The number of piperidine rings is 1. The largest absolute Gasteiger partial charge is 0.369 e. The molecule has 4 rings (SSSR count). The van der Waals surface area contributed by atoms with E-state index in [2.05, 4.69) is 45.0 Å². The first-order valence-corrected chi connectivity index (χ1v) is 9.79. The molecular formula is C22H28FN3. The molecule has 0 amide bonds. The molecule has 2 heterocycles. The van der Waals surface area contributed by atoms with Crippen molar-refractivity contribution in [1.82, 2.24) is 9.80 Å². The Morgan fingerprint density at radius 1 is 0.769 bits per heavy atom. The van der Waals surface area contributed by atoms with Gasteiger partial charge in [0.25, 0.3) is 0 Å². The highest BCUT2D eigenvalue weighted by molar-refractivity contribution is 5.46. The average Bonchev–Trinajstić information content (AvgIpc) is 2.71. The summed E-state index contributed by atoms with van der Waals surface area (Å²) in [4.78, 5) is 7.55. The third-order valence-electron chi connectivity index (χ3n) is 5.86. The second-order valence-corrected chi connectivity index (χ2v) is 7.46. The monoisotopic (exact) mass is 353 g/mol. The molecule has 2 aliphatic heterocycles. The highest BCUT2D eigenvalue weighted by atomic mass is 19.1. The highest BCUT2D eigenvalue weighted by Gasteiger charge is 2.27. The average molecular weight is 353 g/mol. The van der Waals surface area contributed by atoms with E-state index in [1.54, 1.807) is 12.1 Å². The van der Waals surface area contributed by atoms with E-state index in [0.29, 0.717) is 6.04 Å². The van der Waals surface area contributed by atoms with E-state index in [1.807, 2.05) is 12.1 Å². The van der Waals surface area contributed by atoms with Gasteiger partial charge in [0, 0.05) is 50.0 Å². The van der Waals surface area contributed by atoms with Crippen LogP contribution in [0.15, 0.2) is 54.6 Å². The lowest BCUT2D eigenvalue weighted by atomic mass is 10.0. The zero-order valence-corrected chi connectivity index (χ0v) is 15.4. The zero-order chi connectivity index (χ0) is 17.8. The van der Waals surface area contributed by atoms with Gasteiger partial charge in [0.1, 0.15) is 5.82 Å². The Morgan fingerprint density at radius 2 is 1.42 bits per heavy atom. The minimum Gasteiger partial charge on any atom is -0.369 e. The van der Waals surface area contributed by atoms with E-state index < -0.39 is 0 Å². The van der Waals surface area contributed by atoms with Gasteiger partial charge in [0.05, 0.1) is 0 Å². The standard InChI is InChI=1S/C22H28FN3/c23-22-9-5-4-6-19(22)18-24-12-10-21(11-13-24)26-16-14-25(15-17-26)20-7-2-1-3-8-20/h1-9,21H,10-18H2. The first-order chi connectivity index (χ1) is 12.8. The van der Waals surface area contributed by atoms with E-state index >= 15 is 0 Å². The van der Waals surface area contributed by atoms with Crippen LogP contribution in [0.25, 0.3) is 0 Å². The summed E-state index contributed by atoms with van der Waals surface area (Å²) in [6.07, 6.45) is 2.39. The molecule has 0 aliphatic carbocycles. The normalized spacial score (nSPS) is 20.4. The molecule has 4 heteroatoms. The lowest BCUT2D eigenvalue weighted by molar-refractivity contribution is 0.0993. The minimum absolute atomic E-state index is 0.0772. The SMILES string of the molecule is Fc1ccccc1CN1CCC(N2CCN(c3ccccc3)CC2)CC1. The second kappa shape index (κ2) is 8.19. The van der Waals surface area contributed by atoms with Crippen molar-refractivity contribution in [3.05, 3.63) is 66.0 Å². The molecular weight excluding hydrogens is 325 g/mol. The van der Waals surface area contributed by atoms with Gasteiger partial charge in [-0.2, -0.15) is 0 Å². The van der Waals surface area contributed by atoms with Crippen LogP contribution in [0.4, 0.5) is 10.1 Å². The maximum atomic E-state index is 13.8. The molecule has 2 aromatic carbocycles. The Bertz CT molecular complexity index is 690. The van der Waals surface area contributed by atoms with E-state index in [1.165, 1.54) is 18.5 Å². The number of para-hydroxylation sites is 1. The third-order valence-corrected chi connectivity index (χ3v) is 5.86. The summed E-state index contributed by atoms with van der Waals surface area (Å²) >= 11 is 0. The molecule has 2 aromatic rings. The molecule has 2 aliphatic rings. The van der Waals surface area contributed by atoms with Gasteiger partial charge in [-0.05, 0) is 44.1 Å². The summed E-state index contributed by atoms with van der Waals surface area (Å²) in [6.45, 7) is 7.38. The summed E-state index contributed by atoms with van der Waals surface area (Å²) < 4.78 is 13.8. The van der Waals surface area contributed by atoms with Crippen molar-refractivity contribution in [2.75, 3.05) is 44.2 Å². The quantitative estimate of drug-likeness (QED) is 0.831. The van der Waals surface area contributed by atoms with Crippen LogP contribution in [-0.4, -0.2) is 55.1 Å². The van der Waals surface area contributed by atoms with Crippen molar-refractivity contribution in [2.24, 2.45) is 0 Å². The Kier molecular flexibility index (Phi) is 5.51. The Hall–Kier alpha value is -1.91. The molecule has 2 fully saturated rings. The maximum absolute atomic E-state index is 13.8. The maximum Gasteiger partial charge on any atom is 0.127 e. The van der Waals surface area contributed by atoms with Crippen molar-refractivity contribution < 1.29 is 4.39 Å². The van der Waals surface area contributed by atoms with Crippen LogP contribution in [0.5, 0.6) is 0 Å². The van der Waals surface area contributed by atoms with Crippen molar-refractivity contribution in [2.45, 2.75) is 25.4 Å². The van der Waals surface area contributed by atoms with Gasteiger partial charge in [0.2, 0.25) is 0 Å². The van der Waals surface area contributed by atoms with E-state index in [9.17, 15) is 4.39 Å². The lowest BCUT2D eigenvalue weighted by Gasteiger charge is -2.43. The predicted molar refractivity (Wildman–Crippen MR) is 105 cm³/mol. The topological polar surface area (TPSA) is 9.72 Å². The fourth-order valence-electron chi connectivity index (χ4n) is 4.29. The van der Waals surface area contributed by atoms with Crippen LogP contribution in [0.3, 0.4) is 0 Å². The fraction of sp³-hybridized carbons (Fsp3) is 0.455. The molecule has 0 unspecified atom stereocenters. The summed E-state index contributed by atoms with van der Waals surface area (Å²) in [7, 11) is 0. The molecule has 26 heavy (non-hydrogen) atoms. The van der Waals surface area contributed by atoms with Crippen molar-refractivity contribution in [3.63, 3.8) is 0 Å². The van der Waals surface area contributed by atoms with Crippen LogP contribution >= 0.6 is 0 Å². The molecule has 0 radical (unpaired) electrons. The molecule has 0 bridgehead atoms. The van der Waals surface area contributed by atoms with Crippen LogP contribution < -0.4 is 4.90 Å². The fourth-order valence-corrected chi connectivity index (χ4v) is 4.29. The molecule has 2 saturated heterocycles. The summed E-state index contributed by atoms with van der Waals surface area (Å²) in [5.41, 5.74) is 2.16. The number of likely N-dealkylation sites (tertiary alicyclic amines) is 1. The smallest absolute Gasteiger partial charge is 0.127 e. The lowest BCUT2D eigenvalue weighted by Crippen LogP contribution is -2.53. The molecule has 0 spiro atoms. The van der Waals surface area contributed by atoms with Crippen LogP contribution in [-0.2, 0) is 6.54 Å². The Balaban J connectivity index is 1.25. The number of rotatable bonds is 4. The highest BCUT2D eigenvalue weighted by Crippen LogP contribution is 2.22. The minimum atomic E-state index is -0.0772. The summed E-state index contributed by atoms with van der Waals surface area (Å²) in [6, 6.07) is 18.6. The number of nitrogens with zero attached hydrogens (tertiary/aromatic N) is 3. The Morgan fingerprint density at radius 3 is 2.12 bits per heavy atom. The van der Waals surface area contributed by atoms with Gasteiger partial charge in [-0.3, -0.25) is 9.80 Å². The number of hydrogen-bond donors (Lipinski definition) is 0. The van der Waals surface area contributed by atoms with Crippen LogP contribution in [0.2, 0.25) is 0 Å². The van der Waals surface area contributed by atoms with Crippen LogP contribution in [0, 0.1) is 5.82 Å². The van der Waals surface area contributed by atoms with Crippen molar-refractivity contribution in [3.8, 4) is 0 Å². The van der Waals surface area contributed by atoms with E-state index in [4.69, 9.17) is 0 Å². The molecule has 0 atom stereocenters. The molecule has 138 valence electrons. The number of anilines is 1. The number of hydrogen-bond acceptors (Lipinski definition) is 3. The van der Waals surface area contributed by atoms with Crippen molar-refractivity contribution >= 4 is 5.69 Å². The second-order valence-electron chi connectivity index (χ2n) is 7.46.